The van der Waals surface area contributed by atoms with Crippen LogP contribution in [0, 0.1) is 0 Å². The molecule has 0 saturated carbocycles. The van der Waals surface area contributed by atoms with Gasteiger partial charge in [0, 0.05) is 24.3 Å². The van der Waals surface area contributed by atoms with Crippen LogP contribution in [0.2, 0.25) is 0 Å². The first-order valence-corrected chi connectivity index (χ1v) is 10.3. The minimum atomic E-state index is -0.0411. The minimum absolute atomic E-state index is 0.00808. The lowest BCUT2D eigenvalue weighted by molar-refractivity contribution is 0.0723. The Labute approximate surface area is 169 Å². The van der Waals surface area contributed by atoms with E-state index >= 15 is 0 Å². The van der Waals surface area contributed by atoms with E-state index < -0.39 is 0 Å². The predicted octanol–water partition coefficient (Wildman–Crippen LogP) is 3.60. The average Bonchev–Trinajstić information content (AvgIpc) is 3.51. The van der Waals surface area contributed by atoms with Crippen molar-refractivity contribution in [2.24, 2.45) is 0 Å². The fourth-order valence-electron chi connectivity index (χ4n) is 4.41. The molecule has 7 heteroatoms. The second-order valence-electron chi connectivity index (χ2n) is 7.77. The highest BCUT2D eigenvalue weighted by Crippen LogP contribution is 2.33. The maximum atomic E-state index is 13.2. The number of benzene rings is 1. The third-order valence-electron chi connectivity index (χ3n) is 5.94. The summed E-state index contributed by atoms with van der Waals surface area (Å²) in [5, 5.41) is 4.58. The molecule has 29 heavy (non-hydrogen) atoms. The normalized spacial score (nSPS) is 18.7. The largest absolute Gasteiger partial charge is 0.497 e. The summed E-state index contributed by atoms with van der Waals surface area (Å²) in [5.74, 6) is 1.64. The Bertz CT molecular complexity index is 1010. The summed E-state index contributed by atoms with van der Waals surface area (Å²) in [6.07, 6.45) is 7.02. The lowest BCUT2D eigenvalue weighted by Gasteiger charge is -2.22. The molecule has 2 aliphatic heterocycles. The van der Waals surface area contributed by atoms with Gasteiger partial charge in [-0.2, -0.15) is 5.10 Å². The number of hydrogen-bond acceptors (Lipinski definition) is 4. The predicted molar refractivity (Wildman–Crippen MR) is 109 cm³/mol. The van der Waals surface area contributed by atoms with Crippen LogP contribution in [0.3, 0.4) is 0 Å². The number of fused-ring (bicyclic) bond motifs is 1. The summed E-state index contributed by atoms with van der Waals surface area (Å²) < 4.78 is 7.31. The smallest absolute Gasteiger partial charge is 0.274 e. The van der Waals surface area contributed by atoms with E-state index in [4.69, 9.17) is 4.74 Å². The van der Waals surface area contributed by atoms with E-state index in [2.05, 4.69) is 15.1 Å². The van der Waals surface area contributed by atoms with E-state index in [1.54, 1.807) is 7.11 Å². The van der Waals surface area contributed by atoms with E-state index in [0.717, 1.165) is 61.6 Å². The van der Waals surface area contributed by atoms with Gasteiger partial charge in [-0.15, -0.1) is 0 Å². The molecule has 0 bridgehead atoms. The maximum absolute atomic E-state index is 13.2. The number of carbonyl (C=O) groups excluding carboxylic acids is 1. The lowest BCUT2D eigenvalue weighted by atomic mass is 10.1. The molecular weight excluding hydrogens is 366 g/mol. The Morgan fingerprint density at radius 2 is 2.14 bits per heavy atom. The van der Waals surface area contributed by atoms with Gasteiger partial charge in [0.05, 0.1) is 25.0 Å². The third-order valence-corrected chi connectivity index (χ3v) is 5.94. The second-order valence-corrected chi connectivity index (χ2v) is 7.77. The average molecular weight is 391 g/mol. The van der Waals surface area contributed by atoms with Crippen molar-refractivity contribution in [3.63, 3.8) is 0 Å². The van der Waals surface area contributed by atoms with Gasteiger partial charge in [-0.05, 0) is 50.3 Å². The van der Waals surface area contributed by atoms with Crippen molar-refractivity contribution in [1.82, 2.24) is 24.6 Å². The van der Waals surface area contributed by atoms with Gasteiger partial charge in [-0.1, -0.05) is 12.1 Å². The molecule has 1 saturated heterocycles. The van der Waals surface area contributed by atoms with Gasteiger partial charge in [0.2, 0.25) is 0 Å². The highest BCUT2D eigenvalue weighted by atomic mass is 16.5. The topological polar surface area (TPSA) is 76.0 Å². The summed E-state index contributed by atoms with van der Waals surface area (Å²) in [4.78, 5) is 23.1. The molecule has 0 spiro atoms. The number of likely N-dealkylation sites (tertiary alicyclic amines) is 1. The SMILES string of the molecule is COc1cccc(-c2cnc(C3CCCN3C(=O)c3cc4n(n3)CCCC4)[nH]2)c1. The zero-order chi connectivity index (χ0) is 19.8. The van der Waals surface area contributed by atoms with Crippen molar-refractivity contribution < 1.29 is 9.53 Å². The van der Waals surface area contributed by atoms with Crippen LogP contribution in [0.1, 0.15) is 53.7 Å². The number of nitrogens with zero attached hydrogens (tertiary/aromatic N) is 4. The summed E-state index contributed by atoms with van der Waals surface area (Å²) in [7, 11) is 1.66. The number of aryl methyl sites for hydroxylation is 2. The van der Waals surface area contributed by atoms with Crippen LogP contribution in [0.4, 0.5) is 0 Å². The highest BCUT2D eigenvalue weighted by molar-refractivity contribution is 5.93. The van der Waals surface area contributed by atoms with Gasteiger partial charge < -0.3 is 14.6 Å². The van der Waals surface area contributed by atoms with Crippen LogP contribution < -0.4 is 4.74 Å². The Balaban J connectivity index is 1.39. The van der Waals surface area contributed by atoms with Crippen molar-refractivity contribution in [3.05, 3.63) is 53.7 Å². The standard InChI is InChI=1S/C22H25N5O2/c1-29-17-8-4-6-15(12-17)19-14-23-21(24-19)20-9-5-10-26(20)22(28)18-13-16-7-2-3-11-27(16)25-18/h4,6,8,12-14,20H,2-3,5,7,9-11H2,1H3,(H,23,24). The van der Waals surface area contributed by atoms with E-state index in [0.29, 0.717) is 5.69 Å². The zero-order valence-electron chi connectivity index (χ0n) is 16.6. The molecule has 1 unspecified atom stereocenters. The van der Waals surface area contributed by atoms with Gasteiger partial charge in [0.15, 0.2) is 5.69 Å². The summed E-state index contributed by atoms with van der Waals surface area (Å²) in [5.41, 5.74) is 3.68. The Kier molecular flexibility index (Phi) is 4.58. The Morgan fingerprint density at radius 1 is 1.21 bits per heavy atom. The Morgan fingerprint density at radius 3 is 3.00 bits per heavy atom. The summed E-state index contributed by atoms with van der Waals surface area (Å²) in [6.45, 7) is 1.65. The molecule has 0 radical (unpaired) electrons. The van der Waals surface area contributed by atoms with Gasteiger partial charge in [-0.25, -0.2) is 4.98 Å². The molecule has 1 atom stereocenters. The number of ether oxygens (including phenoxy) is 1. The van der Waals surface area contributed by atoms with Crippen molar-refractivity contribution in [2.75, 3.05) is 13.7 Å². The van der Waals surface area contributed by atoms with Crippen molar-refractivity contribution in [2.45, 2.75) is 44.7 Å². The number of carbonyl (C=O) groups is 1. The van der Waals surface area contributed by atoms with Gasteiger partial charge in [0.25, 0.3) is 5.91 Å². The van der Waals surface area contributed by atoms with Crippen LogP contribution >= 0.6 is 0 Å². The molecule has 0 aliphatic carbocycles. The van der Waals surface area contributed by atoms with Gasteiger partial charge in [-0.3, -0.25) is 9.48 Å². The second kappa shape index (κ2) is 7.39. The fourth-order valence-corrected chi connectivity index (χ4v) is 4.41. The molecule has 1 N–H and O–H groups in total. The number of H-pyrrole nitrogens is 1. The number of aromatic nitrogens is 4. The molecule has 2 aliphatic rings. The quantitative estimate of drug-likeness (QED) is 0.737. The number of methoxy groups -OCH3 is 1. The van der Waals surface area contributed by atoms with Crippen molar-refractivity contribution in [3.8, 4) is 17.0 Å². The first kappa shape index (κ1) is 18.0. The molecule has 1 aromatic carbocycles. The van der Waals surface area contributed by atoms with Gasteiger partial charge in [0.1, 0.15) is 11.6 Å². The maximum Gasteiger partial charge on any atom is 0.274 e. The van der Waals surface area contributed by atoms with Crippen LogP contribution in [0.5, 0.6) is 5.75 Å². The fraction of sp³-hybridized carbons (Fsp3) is 0.409. The number of hydrogen-bond donors (Lipinski definition) is 1. The van der Waals surface area contributed by atoms with E-state index in [-0.39, 0.29) is 11.9 Å². The minimum Gasteiger partial charge on any atom is -0.497 e. The molecule has 7 nitrogen and oxygen atoms in total. The molecule has 2 aromatic heterocycles. The van der Waals surface area contributed by atoms with Gasteiger partial charge >= 0.3 is 0 Å². The van der Waals surface area contributed by atoms with E-state index in [1.807, 2.05) is 46.1 Å². The van der Waals surface area contributed by atoms with Crippen molar-refractivity contribution >= 4 is 5.91 Å². The number of nitrogens with one attached hydrogen (secondary N) is 1. The number of aromatic amines is 1. The molecular formula is C22H25N5O2. The molecule has 5 rings (SSSR count). The van der Waals surface area contributed by atoms with Crippen LogP contribution in [-0.2, 0) is 13.0 Å². The number of imidazole rings is 1. The molecule has 1 amide bonds. The molecule has 3 aromatic rings. The lowest BCUT2D eigenvalue weighted by Crippen LogP contribution is -2.31. The number of amides is 1. The molecule has 150 valence electrons. The van der Waals surface area contributed by atoms with Crippen molar-refractivity contribution in [1.29, 1.82) is 0 Å². The highest BCUT2D eigenvalue weighted by Gasteiger charge is 2.34. The first-order chi connectivity index (χ1) is 14.2. The third kappa shape index (κ3) is 3.30. The van der Waals surface area contributed by atoms with Crippen LogP contribution in [0.15, 0.2) is 36.5 Å². The van der Waals surface area contributed by atoms with E-state index in [9.17, 15) is 4.79 Å². The van der Waals surface area contributed by atoms with Crippen LogP contribution in [0.25, 0.3) is 11.3 Å². The first-order valence-electron chi connectivity index (χ1n) is 10.3. The number of rotatable bonds is 4. The monoisotopic (exact) mass is 391 g/mol. The molecule has 4 heterocycles. The Hall–Kier alpha value is -3.09. The van der Waals surface area contributed by atoms with Crippen LogP contribution in [-0.4, -0.2) is 44.2 Å². The van der Waals surface area contributed by atoms with E-state index in [1.165, 1.54) is 12.1 Å². The molecule has 1 fully saturated rings. The summed E-state index contributed by atoms with van der Waals surface area (Å²) in [6, 6.07) is 9.81. The zero-order valence-corrected chi connectivity index (χ0v) is 16.6. The summed E-state index contributed by atoms with van der Waals surface area (Å²) >= 11 is 0.